The molecule has 0 aliphatic carbocycles. The molecule has 0 aliphatic rings. The Bertz CT molecular complexity index is 507. The molecule has 17 heavy (non-hydrogen) atoms. The van der Waals surface area contributed by atoms with E-state index in [-0.39, 0.29) is 0 Å². The highest BCUT2D eigenvalue weighted by atomic mass is 16.5. The van der Waals surface area contributed by atoms with Crippen molar-refractivity contribution in [3.63, 3.8) is 0 Å². The number of aromatic nitrogens is 3. The van der Waals surface area contributed by atoms with E-state index in [1.54, 1.807) is 13.4 Å². The summed E-state index contributed by atoms with van der Waals surface area (Å²) in [4.78, 5) is 0. The molecule has 0 aliphatic heterocycles. The summed E-state index contributed by atoms with van der Waals surface area (Å²) in [6.45, 7) is 3.39. The van der Waals surface area contributed by atoms with Gasteiger partial charge >= 0.3 is 0 Å². The van der Waals surface area contributed by atoms with Crippen LogP contribution in [0.1, 0.15) is 5.56 Å². The molecule has 2 aromatic rings. The molecular weight excluding hydrogens is 216 g/mol. The first-order valence-corrected chi connectivity index (χ1v) is 5.45. The van der Waals surface area contributed by atoms with Crippen molar-refractivity contribution in [2.45, 2.75) is 13.5 Å². The van der Waals surface area contributed by atoms with E-state index in [1.807, 2.05) is 29.7 Å². The second kappa shape index (κ2) is 4.97. The SMILES string of the molecule is COCCn1cnnc1-c1cc(N)ccc1C. The minimum Gasteiger partial charge on any atom is -0.399 e. The van der Waals surface area contributed by atoms with Gasteiger partial charge in [0.05, 0.1) is 6.61 Å². The fourth-order valence-electron chi connectivity index (χ4n) is 1.70. The van der Waals surface area contributed by atoms with Gasteiger partial charge in [0.15, 0.2) is 5.82 Å². The Morgan fingerprint density at radius 1 is 1.41 bits per heavy atom. The Hall–Kier alpha value is -1.88. The fraction of sp³-hybridized carbons (Fsp3) is 0.333. The van der Waals surface area contributed by atoms with E-state index in [2.05, 4.69) is 10.2 Å². The number of ether oxygens (including phenoxy) is 1. The van der Waals surface area contributed by atoms with Crippen molar-refractivity contribution in [3.8, 4) is 11.4 Å². The van der Waals surface area contributed by atoms with Crippen LogP contribution >= 0.6 is 0 Å². The largest absolute Gasteiger partial charge is 0.399 e. The van der Waals surface area contributed by atoms with E-state index in [0.717, 1.165) is 29.2 Å². The van der Waals surface area contributed by atoms with E-state index in [9.17, 15) is 0 Å². The van der Waals surface area contributed by atoms with Crippen molar-refractivity contribution in [2.75, 3.05) is 19.5 Å². The quantitative estimate of drug-likeness (QED) is 0.811. The lowest BCUT2D eigenvalue weighted by molar-refractivity contribution is 0.187. The topological polar surface area (TPSA) is 66.0 Å². The normalized spacial score (nSPS) is 10.7. The smallest absolute Gasteiger partial charge is 0.164 e. The average Bonchev–Trinajstić information content (AvgIpc) is 2.77. The van der Waals surface area contributed by atoms with E-state index in [0.29, 0.717) is 6.61 Å². The molecule has 1 aromatic carbocycles. The number of nitrogens with zero attached hydrogens (tertiary/aromatic N) is 3. The first-order chi connectivity index (χ1) is 8.22. The van der Waals surface area contributed by atoms with Gasteiger partial charge in [-0.05, 0) is 24.6 Å². The van der Waals surface area contributed by atoms with Gasteiger partial charge < -0.3 is 15.0 Å². The van der Waals surface area contributed by atoms with Crippen molar-refractivity contribution in [1.82, 2.24) is 14.8 Å². The lowest BCUT2D eigenvalue weighted by Gasteiger charge is -2.08. The second-order valence-corrected chi connectivity index (χ2v) is 3.92. The molecule has 0 fully saturated rings. The third-order valence-electron chi connectivity index (χ3n) is 2.65. The molecule has 90 valence electrons. The molecular formula is C12H16N4O. The number of rotatable bonds is 4. The van der Waals surface area contributed by atoms with Crippen molar-refractivity contribution >= 4 is 5.69 Å². The van der Waals surface area contributed by atoms with Crippen molar-refractivity contribution < 1.29 is 4.74 Å². The molecule has 1 aromatic heterocycles. The van der Waals surface area contributed by atoms with Gasteiger partial charge in [-0.1, -0.05) is 6.07 Å². The molecule has 0 radical (unpaired) electrons. The predicted molar refractivity (Wildman–Crippen MR) is 66.5 cm³/mol. The summed E-state index contributed by atoms with van der Waals surface area (Å²) in [5.74, 6) is 0.826. The maximum absolute atomic E-state index is 5.80. The maximum Gasteiger partial charge on any atom is 0.164 e. The Kier molecular flexibility index (Phi) is 3.39. The van der Waals surface area contributed by atoms with Crippen LogP contribution < -0.4 is 5.73 Å². The van der Waals surface area contributed by atoms with Crippen LogP contribution in [0.2, 0.25) is 0 Å². The van der Waals surface area contributed by atoms with Crippen LogP contribution in [-0.4, -0.2) is 28.5 Å². The van der Waals surface area contributed by atoms with Gasteiger partial charge in [0.1, 0.15) is 6.33 Å². The summed E-state index contributed by atoms with van der Waals surface area (Å²) in [5, 5.41) is 8.08. The van der Waals surface area contributed by atoms with Gasteiger partial charge in [-0.25, -0.2) is 0 Å². The zero-order chi connectivity index (χ0) is 12.3. The average molecular weight is 232 g/mol. The Balaban J connectivity index is 2.38. The number of methoxy groups -OCH3 is 1. The first-order valence-electron chi connectivity index (χ1n) is 5.45. The monoisotopic (exact) mass is 232 g/mol. The standard InChI is InChI=1S/C12H16N4O/c1-9-3-4-10(13)7-11(9)12-15-14-8-16(12)5-6-17-2/h3-4,7-8H,5-6,13H2,1-2H3. The molecule has 5 nitrogen and oxygen atoms in total. The minimum atomic E-state index is 0.631. The lowest BCUT2D eigenvalue weighted by Crippen LogP contribution is -2.05. The number of anilines is 1. The lowest BCUT2D eigenvalue weighted by atomic mass is 10.1. The number of hydrogen-bond donors (Lipinski definition) is 1. The zero-order valence-corrected chi connectivity index (χ0v) is 10.1. The molecule has 0 atom stereocenters. The predicted octanol–water partition coefficient (Wildman–Crippen LogP) is 1.48. The van der Waals surface area contributed by atoms with Crippen molar-refractivity contribution in [1.29, 1.82) is 0 Å². The summed E-state index contributed by atoms with van der Waals surface area (Å²) in [7, 11) is 1.68. The number of hydrogen-bond acceptors (Lipinski definition) is 4. The number of nitrogen functional groups attached to an aromatic ring is 1. The maximum atomic E-state index is 5.80. The van der Waals surface area contributed by atoms with Crippen LogP contribution in [0.5, 0.6) is 0 Å². The Morgan fingerprint density at radius 2 is 2.24 bits per heavy atom. The summed E-state index contributed by atoms with van der Waals surface area (Å²) < 4.78 is 7.02. The van der Waals surface area contributed by atoms with E-state index in [1.165, 1.54) is 0 Å². The first kappa shape index (κ1) is 11.6. The Labute approximate surface area is 100 Å². The molecule has 0 unspecified atom stereocenters. The molecule has 1 heterocycles. The van der Waals surface area contributed by atoms with Crippen molar-refractivity contribution in [2.24, 2.45) is 0 Å². The van der Waals surface area contributed by atoms with E-state index >= 15 is 0 Å². The van der Waals surface area contributed by atoms with Crippen LogP contribution in [0, 0.1) is 6.92 Å². The highest BCUT2D eigenvalue weighted by Crippen LogP contribution is 2.23. The van der Waals surface area contributed by atoms with E-state index in [4.69, 9.17) is 10.5 Å². The van der Waals surface area contributed by atoms with Crippen molar-refractivity contribution in [3.05, 3.63) is 30.1 Å². The molecule has 2 N–H and O–H groups in total. The van der Waals surface area contributed by atoms with Gasteiger partial charge in [0.2, 0.25) is 0 Å². The summed E-state index contributed by atoms with van der Waals surface area (Å²) in [6.07, 6.45) is 1.71. The fourth-order valence-corrected chi connectivity index (χ4v) is 1.70. The number of benzene rings is 1. The molecule has 0 saturated heterocycles. The number of aryl methyl sites for hydroxylation is 1. The van der Waals surface area contributed by atoms with Gasteiger partial charge in [-0.15, -0.1) is 10.2 Å². The molecule has 2 rings (SSSR count). The summed E-state index contributed by atoms with van der Waals surface area (Å²) >= 11 is 0. The third kappa shape index (κ3) is 2.45. The highest BCUT2D eigenvalue weighted by molar-refractivity contribution is 5.65. The van der Waals surface area contributed by atoms with Crippen LogP contribution in [0.25, 0.3) is 11.4 Å². The molecule has 5 heteroatoms. The summed E-state index contributed by atoms with van der Waals surface area (Å²) in [5.41, 5.74) is 8.67. The van der Waals surface area contributed by atoms with Crippen LogP contribution in [-0.2, 0) is 11.3 Å². The summed E-state index contributed by atoms with van der Waals surface area (Å²) in [6, 6.07) is 5.79. The van der Waals surface area contributed by atoms with Crippen LogP contribution in [0.3, 0.4) is 0 Å². The van der Waals surface area contributed by atoms with Gasteiger partial charge in [0, 0.05) is 24.9 Å². The van der Waals surface area contributed by atoms with Crippen LogP contribution in [0.4, 0.5) is 5.69 Å². The van der Waals surface area contributed by atoms with Gasteiger partial charge in [0.25, 0.3) is 0 Å². The van der Waals surface area contributed by atoms with E-state index < -0.39 is 0 Å². The second-order valence-electron chi connectivity index (χ2n) is 3.92. The Morgan fingerprint density at radius 3 is 3.00 bits per heavy atom. The molecule has 0 saturated carbocycles. The third-order valence-corrected chi connectivity index (χ3v) is 2.65. The minimum absolute atomic E-state index is 0.631. The van der Waals surface area contributed by atoms with Gasteiger partial charge in [-0.3, -0.25) is 0 Å². The molecule has 0 spiro atoms. The van der Waals surface area contributed by atoms with Gasteiger partial charge in [-0.2, -0.15) is 0 Å². The zero-order valence-electron chi connectivity index (χ0n) is 10.1. The molecule has 0 bridgehead atoms. The van der Waals surface area contributed by atoms with Crippen LogP contribution in [0.15, 0.2) is 24.5 Å². The number of nitrogens with two attached hydrogens (primary N) is 1. The highest BCUT2D eigenvalue weighted by Gasteiger charge is 2.09. The molecule has 0 amide bonds.